The van der Waals surface area contributed by atoms with Gasteiger partial charge >= 0.3 is 6.03 Å². The number of fused-ring (bicyclic) bond motifs is 2. The van der Waals surface area contributed by atoms with Gasteiger partial charge in [0.1, 0.15) is 11.3 Å². The maximum absolute atomic E-state index is 13.9. The molecule has 4 rings (SSSR count). The third-order valence-corrected chi connectivity index (χ3v) is 6.09. The van der Waals surface area contributed by atoms with Crippen LogP contribution in [-0.4, -0.2) is 85.5 Å². The number of carbonyl (C=O) groups is 1. The second-order valence-corrected chi connectivity index (χ2v) is 9.22. The molecule has 1 aliphatic heterocycles. The Morgan fingerprint density at radius 3 is 2.23 bits per heavy atom. The van der Waals surface area contributed by atoms with Crippen LogP contribution in [0, 0.1) is 5.21 Å². The first-order chi connectivity index (χ1) is 16.2. The molecule has 1 aliphatic rings. The molecule has 0 bridgehead atoms. The topological polar surface area (TPSA) is 111 Å². The maximum Gasteiger partial charge on any atom is 0.329 e. The van der Waals surface area contributed by atoms with Gasteiger partial charge in [0.15, 0.2) is 5.69 Å². The molecule has 1 atom stereocenters. The van der Waals surface area contributed by atoms with Crippen LogP contribution in [0.5, 0.6) is 5.75 Å². The summed E-state index contributed by atoms with van der Waals surface area (Å²) in [6, 6.07) is 7.86. The van der Waals surface area contributed by atoms with Crippen molar-refractivity contribution < 1.29 is 20.3 Å². The predicted molar refractivity (Wildman–Crippen MR) is 140 cm³/mol. The number of halogens is 1. The normalized spacial score (nSPS) is 14.3. The van der Waals surface area contributed by atoms with Crippen molar-refractivity contribution in [2.24, 2.45) is 0 Å². The molecule has 11 heteroatoms. The van der Waals surface area contributed by atoms with Gasteiger partial charge in [-0.15, -0.1) is 12.4 Å². The highest BCUT2D eigenvalue weighted by atomic mass is 35.5. The molecule has 1 aromatic heterocycles. The molecule has 2 aromatic carbocycles. The average molecular weight is 505 g/mol. The van der Waals surface area contributed by atoms with Crippen molar-refractivity contribution in [1.29, 1.82) is 0 Å². The Balaban J connectivity index is 0.00000342. The molecule has 10 nitrogen and oxygen atoms in total. The second kappa shape index (κ2) is 10.9. The summed E-state index contributed by atoms with van der Waals surface area (Å²) >= 11 is 0. The van der Waals surface area contributed by atoms with Gasteiger partial charge in [-0.25, -0.2) is 15.0 Å². The lowest BCUT2D eigenvalue weighted by atomic mass is 10.0. The van der Waals surface area contributed by atoms with Gasteiger partial charge < -0.3 is 20.1 Å². The van der Waals surface area contributed by atoms with E-state index in [1.54, 1.807) is 28.0 Å². The summed E-state index contributed by atoms with van der Waals surface area (Å²) in [5, 5.41) is 32.4. The van der Waals surface area contributed by atoms with Crippen molar-refractivity contribution in [3.63, 3.8) is 0 Å². The molecule has 1 unspecified atom stereocenters. The number of urea groups is 1. The van der Waals surface area contributed by atoms with Crippen LogP contribution in [0.3, 0.4) is 0 Å². The van der Waals surface area contributed by atoms with E-state index in [1.165, 1.54) is 12.1 Å². The number of nitrogens with one attached hydrogen (secondary N) is 1. The predicted octanol–water partition coefficient (Wildman–Crippen LogP) is 2.57. The van der Waals surface area contributed by atoms with Gasteiger partial charge in [-0.3, -0.25) is 9.80 Å². The van der Waals surface area contributed by atoms with Crippen LogP contribution in [0.1, 0.15) is 12.8 Å². The number of hydrogen-bond acceptors (Lipinski definition) is 7. The number of phenols is 1. The highest BCUT2D eigenvalue weighted by molar-refractivity contribution is 6.26. The first-order valence-electron chi connectivity index (χ1n) is 11.4. The highest BCUT2D eigenvalue weighted by Gasteiger charge is 2.35. The van der Waals surface area contributed by atoms with Crippen LogP contribution in [0.15, 0.2) is 30.3 Å². The zero-order chi connectivity index (χ0) is 24.6. The monoisotopic (exact) mass is 504 g/mol. The molecule has 0 aliphatic carbocycles. The Bertz CT molecular complexity index is 1220. The van der Waals surface area contributed by atoms with Gasteiger partial charge in [-0.1, -0.05) is 0 Å². The molecular weight excluding hydrogens is 472 g/mol. The third-order valence-electron chi connectivity index (χ3n) is 6.09. The number of aromatic hydroxyl groups is 1. The summed E-state index contributed by atoms with van der Waals surface area (Å²) in [5.74, 6) is 0.0648. The van der Waals surface area contributed by atoms with Gasteiger partial charge in [0.05, 0.1) is 22.3 Å². The van der Waals surface area contributed by atoms with Gasteiger partial charge in [0.2, 0.25) is 0 Å². The van der Waals surface area contributed by atoms with Crippen molar-refractivity contribution in [2.75, 3.05) is 64.2 Å². The van der Waals surface area contributed by atoms with Crippen molar-refractivity contribution in [3.05, 3.63) is 35.5 Å². The number of amides is 2. The van der Waals surface area contributed by atoms with E-state index >= 15 is 0 Å². The molecule has 3 N–H and O–H groups in total. The fourth-order valence-corrected chi connectivity index (χ4v) is 4.53. The molecule has 3 aromatic rings. The Kier molecular flexibility index (Phi) is 8.37. The fourth-order valence-electron chi connectivity index (χ4n) is 4.53. The quantitative estimate of drug-likeness (QED) is 0.303. The summed E-state index contributed by atoms with van der Waals surface area (Å²) in [4.78, 5) is 26.1. The lowest BCUT2D eigenvalue weighted by Gasteiger charge is -2.38. The summed E-state index contributed by atoms with van der Waals surface area (Å²) in [5.41, 5.74) is 2.24. The summed E-state index contributed by atoms with van der Waals surface area (Å²) < 4.78 is 0. The SMILES string of the molecule is CN(C)CCCN1C(=O)N(CCCN(C)C)c2c3cc(O)ccc3nc3c([NH+]([O-])O)ccc1c23.Cl. The molecule has 0 fully saturated rings. The minimum Gasteiger partial charge on any atom is -0.595 e. The molecular formula is C24H33ClN6O4. The minimum atomic E-state index is -1.07. The lowest BCUT2D eigenvalue weighted by Crippen LogP contribution is -2.99. The number of carbonyl (C=O) groups excluding carboxylic acids is 1. The first-order valence-corrected chi connectivity index (χ1v) is 11.4. The largest absolute Gasteiger partial charge is 0.595 e. The average Bonchev–Trinajstić information content (AvgIpc) is 2.76. The Hall–Kier alpha value is -2.73. The molecule has 0 saturated carbocycles. The fraction of sp³-hybridized carbons (Fsp3) is 0.417. The van der Waals surface area contributed by atoms with Crippen molar-refractivity contribution in [1.82, 2.24) is 14.8 Å². The number of quaternary nitrogens is 1. The van der Waals surface area contributed by atoms with Crippen LogP contribution in [0.25, 0.3) is 21.8 Å². The van der Waals surface area contributed by atoms with E-state index in [1.807, 2.05) is 28.2 Å². The van der Waals surface area contributed by atoms with E-state index in [4.69, 9.17) is 0 Å². The Labute approximate surface area is 210 Å². The van der Waals surface area contributed by atoms with Gasteiger partial charge in [0, 0.05) is 24.5 Å². The van der Waals surface area contributed by atoms with Crippen LogP contribution in [0.2, 0.25) is 0 Å². The molecule has 2 amide bonds. The molecule has 190 valence electrons. The van der Waals surface area contributed by atoms with Crippen LogP contribution >= 0.6 is 12.4 Å². The molecule has 2 heterocycles. The van der Waals surface area contributed by atoms with E-state index in [2.05, 4.69) is 14.8 Å². The van der Waals surface area contributed by atoms with Crippen LogP contribution < -0.4 is 15.0 Å². The smallest absolute Gasteiger partial charge is 0.329 e. The van der Waals surface area contributed by atoms with E-state index in [-0.39, 0.29) is 29.9 Å². The van der Waals surface area contributed by atoms with Crippen molar-refractivity contribution in [3.8, 4) is 5.75 Å². The Morgan fingerprint density at radius 1 is 1.00 bits per heavy atom. The maximum atomic E-state index is 13.9. The zero-order valence-corrected chi connectivity index (χ0v) is 21.3. The summed E-state index contributed by atoms with van der Waals surface area (Å²) in [7, 11) is 7.95. The van der Waals surface area contributed by atoms with Crippen molar-refractivity contribution >= 4 is 57.3 Å². The standard InChI is InChI=1S/C24H32N6O4.ClH/c1-26(2)11-5-13-28-19-9-10-20(30(33)34)22-21(19)23(17-15-16(31)7-8-18(17)25-22)29(24(28)32)14-6-12-27(3)4;/h7-10,15,30-31,33H,5-6,11-14H2,1-4H3;1H. The highest BCUT2D eigenvalue weighted by Crippen LogP contribution is 2.45. The minimum absolute atomic E-state index is 0. The molecule has 35 heavy (non-hydrogen) atoms. The van der Waals surface area contributed by atoms with Crippen LogP contribution in [0.4, 0.5) is 21.9 Å². The first kappa shape index (κ1) is 26.9. The van der Waals surface area contributed by atoms with Crippen molar-refractivity contribution in [2.45, 2.75) is 12.8 Å². The number of aromatic nitrogens is 1. The number of hydrogen-bond donors (Lipinski definition) is 3. The summed E-state index contributed by atoms with van der Waals surface area (Å²) in [6.07, 6.45) is 1.51. The van der Waals surface area contributed by atoms with Gasteiger partial charge in [0.25, 0.3) is 0 Å². The number of nitrogens with zero attached hydrogens (tertiary/aromatic N) is 5. The van der Waals surface area contributed by atoms with E-state index in [0.29, 0.717) is 46.3 Å². The number of rotatable bonds is 9. The van der Waals surface area contributed by atoms with E-state index in [9.17, 15) is 20.3 Å². The molecule has 0 spiro atoms. The number of benzene rings is 2. The Morgan fingerprint density at radius 2 is 1.63 bits per heavy atom. The number of anilines is 2. The molecule has 0 saturated heterocycles. The van der Waals surface area contributed by atoms with E-state index < -0.39 is 5.23 Å². The number of phenolic OH excluding ortho intramolecular Hbond substituents is 1. The van der Waals surface area contributed by atoms with E-state index in [0.717, 1.165) is 25.9 Å². The second-order valence-electron chi connectivity index (χ2n) is 9.22. The lowest BCUT2D eigenvalue weighted by molar-refractivity contribution is -0.990. The molecule has 0 radical (unpaired) electrons. The van der Waals surface area contributed by atoms with Crippen LogP contribution in [-0.2, 0) is 0 Å². The third kappa shape index (κ3) is 5.27. The van der Waals surface area contributed by atoms with Gasteiger partial charge in [-0.2, -0.15) is 5.23 Å². The summed E-state index contributed by atoms with van der Waals surface area (Å²) in [6.45, 7) is 2.57. The number of pyridine rings is 1. The van der Waals surface area contributed by atoms with Gasteiger partial charge in [-0.05, 0) is 78.4 Å². The zero-order valence-electron chi connectivity index (χ0n) is 20.5.